The van der Waals surface area contributed by atoms with Crippen LogP contribution in [-0.4, -0.2) is 79.0 Å². The number of carbonyl (C=O) groups excluding carboxylic acids is 2. The maximum atomic E-state index is 15.0. The lowest BCUT2D eigenvalue weighted by atomic mass is 9.76. The number of fused-ring (bicyclic) bond motifs is 1. The van der Waals surface area contributed by atoms with Crippen molar-refractivity contribution in [1.29, 1.82) is 0 Å². The molecule has 15 heteroatoms. The number of benzene rings is 1. The first-order valence-corrected chi connectivity index (χ1v) is 17.2. The van der Waals surface area contributed by atoms with Crippen LogP contribution in [-0.2, 0) is 4.79 Å². The minimum absolute atomic E-state index is 0.0393. The summed E-state index contributed by atoms with van der Waals surface area (Å²) < 4.78 is 30.9. The lowest BCUT2D eigenvalue weighted by Crippen LogP contribution is -2.40. The Balaban J connectivity index is 1.76. The van der Waals surface area contributed by atoms with Crippen LogP contribution in [0.1, 0.15) is 107 Å². The molecule has 4 rings (SSSR count). The molecule has 1 fully saturated rings. The van der Waals surface area contributed by atoms with Crippen molar-refractivity contribution in [3.05, 3.63) is 35.7 Å². The number of imidazole rings is 1. The number of aromatic nitrogens is 5. The number of halogens is 2. The van der Waals surface area contributed by atoms with Gasteiger partial charge in [-0.05, 0) is 89.2 Å². The first-order chi connectivity index (χ1) is 20.8. The maximum Gasteiger partial charge on any atom is 0.291 e. The maximum absolute atomic E-state index is 15.0. The van der Waals surface area contributed by atoms with E-state index in [9.17, 15) is 14.0 Å². The SMILES string of the molecule is BC(C)(F)CC(C(=O)NCC(C)(C)F)c1ccc2[nH]c(C(C3CCC(P)(P)CC3)N(C)C(=O)c3ncnn3C(C)C)nc2c1P. The highest BCUT2D eigenvalue weighted by atomic mass is 31.1. The van der Waals surface area contributed by atoms with E-state index in [1.54, 1.807) is 22.7 Å². The van der Waals surface area contributed by atoms with E-state index in [2.05, 4.69) is 48.1 Å². The topological polar surface area (TPSA) is 109 Å². The number of hydrogen-bond acceptors (Lipinski definition) is 5. The molecule has 1 aliphatic rings. The first-order valence-electron chi connectivity index (χ1n) is 15.5. The van der Waals surface area contributed by atoms with Gasteiger partial charge in [0.2, 0.25) is 11.7 Å². The molecule has 0 bridgehead atoms. The van der Waals surface area contributed by atoms with E-state index in [-0.39, 0.29) is 47.6 Å². The quantitative estimate of drug-likeness (QED) is 0.232. The van der Waals surface area contributed by atoms with E-state index in [1.165, 1.54) is 34.9 Å². The third kappa shape index (κ3) is 8.67. The highest BCUT2D eigenvalue weighted by Gasteiger charge is 2.39. The number of rotatable bonds is 11. The second-order valence-electron chi connectivity index (χ2n) is 14.1. The van der Waals surface area contributed by atoms with Gasteiger partial charge in [0.05, 0.1) is 35.1 Å². The third-order valence-electron chi connectivity index (χ3n) is 8.49. The van der Waals surface area contributed by atoms with Gasteiger partial charge >= 0.3 is 0 Å². The van der Waals surface area contributed by atoms with Gasteiger partial charge in [0.1, 0.15) is 25.7 Å². The second kappa shape index (κ2) is 13.6. The van der Waals surface area contributed by atoms with E-state index in [0.29, 0.717) is 22.2 Å². The zero-order valence-electron chi connectivity index (χ0n) is 27.3. The monoisotopic (exact) mass is 679 g/mol. The van der Waals surface area contributed by atoms with Crippen molar-refractivity contribution < 1.29 is 18.4 Å². The van der Waals surface area contributed by atoms with Gasteiger partial charge in [-0.15, -0.1) is 27.7 Å². The van der Waals surface area contributed by atoms with Gasteiger partial charge < -0.3 is 15.2 Å². The molecular formula is C30H47BF2N7O2P3. The van der Waals surface area contributed by atoms with E-state index in [4.69, 9.17) is 4.98 Å². The summed E-state index contributed by atoms with van der Waals surface area (Å²) in [5.41, 5.74) is -1.30. The summed E-state index contributed by atoms with van der Waals surface area (Å²) in [6.07, 6.45) is 5.01. The van der Waals surface area contributed by atoms with Gasteiger partial charge in [-0.1, -0.05) is 6.07 Å². The molecule has 1 aliphatic carbocycles. The van der Waals surface area contributed by atoms with Crippen molar-refractivity contribution in [1.82, 2.24) is 34.9 Å². The molecule has 0 aliphatic heterocycles. The molecular weight excluding hydrogens is 632 g/mol. The lowest BCUT2D eigenvalue weighted by Gasteiger charge is -2.40. The molecule has 0 radical (unpaired) electrons. The van der Waals surface area contributed by atoms with Crippen LogP contribution in [0, 0.1) is 5.92 Å². The summed E-state index contributed by atoms with van der Waals surface area (Å²) in [7, 11) is 11.8. The highest BCUT2D eigenvalue weighted by Crippen LogP contribution is 2.48. The van der Waals surface area contributed by atoms with Crippen LogP contribution in [0.5, 0.6) is 0 Å². The predicted molar refractivity (Wildman–Crippen MR) is 188 cm³/mol. The second-order valence-corrected chi connectivity index (χ2v) is 17.6. The van der Waals surface area contributed by atoms with E-state index < -0.39 is 23.1 Å². The molecule has 2 amide bonds. The fourth-order valence-corrected chi connectivity index (χ4v) is 7.29. The van der Waals surface area contributed by atoms with Crippen molar-refractivity contribution in [3.63, 3.8) is 0 Å². The fraction of sp³-hybridized carbons (Fsp3) is 0.633. The Morgan fingerprint density at radius 2 is 1.87 bits per heavy atom. The van der Waals surface area contributed by atoms with Crippen molar-refractivity contribution in [2.75, 3.05) is 13.6 Å². The normalized spacial score (nSPS) is 18.5. The smallest absolute Gasteiger partial charge is 0.291 e. The molecule has 45 heavy (non-hydrogen) atoms. The average molecular weight is 679 g/mol. The Morgan fingerprint density at radius 1 is 1.22 bits per heavy atom. The van der Waals surface area contributed by atoms with Crippen LogP contribution in [0.4, 0.5) is 8.78 Å². The van der Waals surface area contributed by atoms with Crippen molar-refractivity contribution in [3.8, 4) is 0 Å². The molecule has 3 aromatic rings. The Labute approximate surface area is 272 Å². The Kier molecular flexibility index (Phi) is 10.8. The van der Waals surface area contributed by atoms with Crippen LogP contribution >= 0.6 is 27.7 Å². The number of carbonyl (C=O) groups is 2. The molecule has 1 aromatic carbocycles. The Hall–Kier alpha value is -2.02. The Morgan fingerprint density at radius 3 is 2.44 bits per heavy atom. The van der Waals surface area contributed by atoms with E-state index in [1.807, 2.05) is 19.9 Å². The molecule has 246 valence electrons. The summed E-state index contributed by atoms with van der Waals surface area (Å²) in [5, 5.41) is 7.59. The summed E-state index contributed by atoms with van der Waals surface area (Å²) in [5.74, 6) is -0.515. The number of hydrogen-bond donors (Lipinski definition) is 2. The number of H-pyrrole nitrogens is 1. The van der Waals surface area contributed by atoms with Gasteiger partial charge in [0.15, 0.2) is 0 Å². The minimum Gasteiger partial charge on any atom is -0.352 e. The molecule has 0 saturated heterocycles. The molecule has 0 spiro atoms. The summed E-state index contributed by atoms with van der Waals surface area (Å²) in [6, 6.07) is 3.22. The zero-order valence-corrected chi connectivity index (χ0v) is 30.8. The number of nitrogens with one attached hydrogen (secondary N) is 2. The molecule has 2 N–H and O–H groups in total. The molecule has 1 saturated carbocycles. The molecule has 2 aromatic heterocycles. The summed E-state index contributed by atoms with van der Waals surface area (Å²) in [4.78, 5) is 41.8. The largest absolute Gasteiger partial charge is 0.352 e. The number of aromatic amines is 1. The van der Waals surface area contributed by atoms with Gasteiger partial charge in [0.25, 0.3) is 5.91 Å². The first kappa shape index (κ1) is 35.8. The van der Waals surface area contributed by atoms with Crippen molar-refractivity contribution >= 4 is 63.7 Å². The number of alkyl halides is 2. The van der Waals surface area contributed by atoms with E-state index in [0.717, 1.165) is 31.2 Å². The van der Waals surface area contributed by atoms with Gasteiger partial charge in [0, 0.05) is 18.4 Å². The third-order valence-corrected chi connectivity index (χ3v) is 10.3. The zero-order chi connectivity index (χ0) is 33.5. The number of amides is 2. The van der Waals surface area contributed by atoms with Gasteiger partial charge in [-0.25, -0.2) is 19.0 Å². The van der Waals surface area contributed by atoms with Crippen LogP contribution < -0.4 is 10.6 Å². The Bertz CT molecular complexity index is 1520. The number of nitrogens with zero attached hydrogens (tertiary/aromatic N) is 5. The molecule has 9 nitrogen and oxygen atoms in total. The van der Waals surface area contributed by atoms with E-state index >= 15 is 4.39 Å². The molecule has 2 heterocycles. The van der Waals surface area contributed by atoms with Gasteiger partial charge in [-0.2, -0.15) is 5.10 Å². The summed E-state index contributed by atoms with van der Waals surface area (Å²) in [6.45, 7) is 7.92. The van der Waals surface area contributed by atoms with Crippen LogP contribution in [0.25, 0.3) is 11.0 Å². The predicted octanol–water partition coefficient (Wildman–Crippen LogP) is 4.34. The van der Waals surface area contributed by atoms with Crippen LogP contribution in [0.2, 0.25) is 0 Å². The van der Waals surface area contributed by atoms with Gasteiger partial charge in [-0.3, -0.25) is 14.0 Å². The molecule has 6 unspecified atom stereocenters. The van der Waals surface area contributed by atoms with Crippen LogP contribution in [0.3, 0.4) is 0 Å². The summed E-state index contributed by atoms with van der Waals surface area (Å²) >= 11 is 0. The lowest BCUT2D eigenvalue weighted by molar-refractivity contribution is -0.123. The van der Waals surface area contributed by atoms with Crippen molar-refractivity contribution in [2.24, 2.45) is 5.92 Å². The average Bonchev–Trinajstić information content (AvgIpc) is 3.59. The van der Waals surface area contributed by atoms with Crippen LogP contribution in [0.15, 0.2) is 18.5 Å². The highest BCUT2D eigenvalue weighted by molar-refractivity contribution is 7.39. The minimum atomic E-state index is -1.65. The molecule has 6 atom stereocenters. The fourth-order valence-electron chi connectivity index (χ4n) is 6.11. The van der Waals surface area contributed by atoms with Crippen molar-refractivity contribution in [2.45, 2.75) is 101 Å². The standard InChI is InChI=1S/C30H47BF2N7O2P3/c1-16(2)40-25(35-15-36-40)27(42)39(6)22(17-9-11-30(44,45)12-10-17)24-37-20-8-7-18(23(43)21(20)38-24)19(13-29(5,31)33)26(41)34-14-28(3,4)32/h7-8,15-17,19,22H,9-14,31,43-45H2,1-6H3,(H,34,41)(H,37,38).